The molecule has 0 unspecified atom stereocenters. The maximum absolute atomic E-state index is 12.9. The third-order valence-electron chi connectivity index (χ3n) is 5.27. The number of benzene rings is 2. The molecule has 1 N–H and O–H groups in total. The number of carbonyl (C=O) groups is 1. The van der Waals surface area contributed by atoms with E-state index in [1.54, 1.807) is 22.8 Å². The molecule has 32 heavy (non-hydrogen) atoms. The molecule has 0 spiro atoms. The Balaban J connectivity index is 1.23. The largest absolute Gasteiger partial charge is 0.459 e. The number of aromatic nitrogens is 2. The van der Waals surface area contributed by atoms with Gasteiger partial charge in [-0.25, -0.2) is 4.98 Å². The molecule has 1 aliphatic rings. The predicted octanol–water partition coefficient (Wildman–Crippen LogP) is 5.05. The molecule has 2 aromatic heterocycles. The summed E-state index contributed by atoms with van der Waals surface area (Å²) in [6, 6.07) is 18.6. The van der Waals surface area contributed by atoms with Gasteiger partial charge in [0.2, 0.25) is 5.91 Å². The lowest BCUT2D eigenvalue weighted by Gasteiger charge is -2.12. The van der Waals surface area contributed by atoms with Gasteiger partial charge in [0.15, 0.2) is 5.16 Å². The summed E-state index contributed by atoms with van der Waals surface area (Å²) in [5.74, 6) is 1.40. The Morgan fingerprint density at radius 2 is 1.91 bits per heavy atom. The number of amides is 1. The number of hydrogen-bond acceptors (Lipinski definition) is 5. The third-order valence-corrected chi connectivity index (χ3v) is 6.47. The zero-order chi connectivity index (χ0) is 22.1. The van der Waals surface area contributed by atoms with Gasteiger partial charge >= 0.3 is 0 Å². The first-order valence-electron chi connectivity index (χ1n) is 10.3. The van der Waals surface area contributed by atoms with Crippen molar-refractivity contribution in [3.05, 3.63) is 81.8 Å². The SMILES string of the molecule is O=C(CSc1nc2ccccc2c(=O)n1C1CC1)NCc1ccc(-c2ccc(Cl)cc2)o1. The minimum Gasteiger partial charge on any atom is -0.459 e. The minimum absolute atomic E-state index is 0.0358. The summed E-state index contributed by atoms with van der Waals surface area (Å²) in [5.41, 5.74) is 1.54. The zero-order valence-electron chi connectivity index (χ0n) is 17.1. The summed E-state index contributed by atoms with van der Waals surface area (Å²) in [5, 5.41) is 4.74. The molecule has 0 bridgehead atoms. The molecule has 1 fully saturated rings. The highest BCUT2D eigenvalue weighted by molar-refractivity contribution is 7.99. The van der Waals surface area contributed by atoms with E-state index < -0.39 is 0 Å². The first-order chi connectivity index (χ1) is 15.6. The number of nitrogens with zero attached hydrogens (tertiary/aromatic N) is 2. The molecule has 162 valence electrons. The van der Waals surface area contributed by atoms with Crippen molar-refractivity contribution < 1.29 is 9.21 Å². The number of para-hydroxylation sites is 1. The summed E-state index contributed by atoms with van der Waals surface area (Å²) in [4.78, 5) is 30.0. The van der Waals surface area contributed by atoms with Gasteiger partial charge in [0.05, 0.1) is 23.2 Å². The van der Waals surface area contributed by atoms with E-state index in [1.165, 1.54) is 11.8 Å². The molecule has 6 nitrogen and oxygen atoms in total. The van der Waals surface area contributed by atoms with Crippen LogP contribution in [0.1, 0.15) is 24.6 Å². The molecule has 1 saturated carbocycles. The monoisotopic (exact) mass is 465 g/mol. The Bertz CT molecular complexity index is 1340. The highest BCUT2D eigenvalue weighted by atomic mass is 35.5. The van der Waals surface area contributed by atoms with Crippen molar-refractivity contribution in [2.45, 2.75) is 30.6 Å². The molecule has 2 aromatic carbocycles. The van der Waals surface area contributed by atoms with Gasteiger partial charge in [-0.3, -0.25) is 14.2 Å². The molecule has 4 aromatic rings. The molecule has 0 aliphatic heterocycles. The molecule has 5 rings (SSSR count). The van der Waals surface area contributed by atoms with Crippen molar-refractivity contribution in [3.8, 4) is 11.3 Å². The summed E-state index contributed by atoms with van der Waals surface area (Å²) >= 11 is 7.21. The predicted molar refractivity (Wildman–Crippen MR) is 126 cm³/mol. The normalized spacial score (nSPS) is 13.4. The Labute approximate surface area is 193 Å². The van der Waals surface area contributed by atoms with Crippen LogP contribution in [0, 0.1) is 0 Å². The molecular formula is C24H20ClN3O3S. The van der Waals surface area contributed by atoms with Crippen molar-refractivity contribution in [1.82, 2.24) is 14.9 Å². The highest BCUT2D eigenvalue weighted by Crippen LogP contribution is 2.36. The molecule has 0 radical (unpaired) electrons. The fraction of sp³-hybridized carbons (Fsp3) is 0.208. The standard InChI is InChI=1S/C24H20ClN3O3S/c25-16-7-5-15(6-8-16)21-12-11-18(31-21)13-26-22(29)14-32-24-27-20-4-2-1-3-19(20)23(30)28(24)17-9-10-17/h1-8,11-12,17H,9-10,13-14H2,(H,26,29). The fourth-order valence-corrected chi connectivity index (χ4v) is 4.51. The average Bonchev–Trinajstić information content (AvgIpc) is 3.53. The van der Waals surface area contributed by atoms with E-state index in [9.17, 15) is 9.59 Å². The van der Waals surface area contributed by atoms with Gasteiger partial charge in [0.1, 0.15) is 11.5 Å². The van der Waals surface area contributed by atoms with Gasteiger partial charge < -0.3 is 9.73 Å². The van der Waals surface area contributed by atoms with Crippen molar-refractivity contribution in [2.75, 3.05) is 5.75 Å². The van der Waals surface area contributed by atoms with Crippen LogP contribution < -0.4 is 10.9 Å². The van der Waals surface area contributed by atoms with Gasteiger partial charge in [-0.15, -0.1) is 0 Å². The van der Waals surface area contributed by atoms with Crippen LogP contribution in [0.25, 0.3) is 22.2 Å². The zero-order valence-corrected chi connectivity index (χ0v) is 18.7. The van der Waals surface area contributed by atoms with Crippen LogP contribution in [0.2, 0.25) is 5.02 Å². The average molecular weight is 466 g/mol. The minimum atomic E-state index is -0.149. The van der Waals surface area contributed by atoms with Crippen LogP contribution in [0.3, 0.4) is 0 Å². The maximum Gasteiger partial charge on any atom is 0.262 e. The van der Waals surface area contributed by atoms with Crippen molar-refractivity contribution in [3.63, 3.8) is 0 Å². The quantitative estimate of drug-likeness (QED) is 0.305. The Kier molecular flexibility index (Phi) is 5.76. The molecule has 0 saturated heterocycles. The highest BCUT2D eigenvalue weighted by Gasteiger charge is 2.28. The van der Waals surface area contributed by atoms with E-state index in [1.807, 2.05) is 42.5 Å². The summed E-state index contributed by atoms with van der Waals surface area (Å²) in [7, 11) is 0. The number of nitrogens with one attached hydrogen (secondary N) is 1. The number of thioether (sulfide) groups is 1. The number of carbonyl (C=O) groups excluding carboxylic acids is 1. The lowest BCUT2D eigenvalue weighted by molar-refractivity contribution is -0.118. The topological polar surface area (TPSA) is 77.1 Å². The summed E-state index contributed by atoms with van der Waals surface area (Å²) in [6.07, 6.45) is 1.93. The van der Waals surface area contributed by atoms with Crippen LogP contribution in [0.4, 0.5) is 0 Å². The van der Waals surface area contributed by atoms with Gasteiger partial charge in [-0.05, 0) is 61.4 Å². The molecule has 1 amide bonds. The smallest absolute Gasteiger partial charge is 0.262 e. The van der Waals surface area contributed by atoms with Crippen LogP contribution in [-0.2, 0) is 11.3 Å². The van der Waals surface area contributed by atoms with Gasteiger partial charge in [-0.2, -0.15) is 0 Å². The second-order valence-electron chi connectivity index (χ2n) is 7.66. The van der Waals surface area contributed by atoms with E-state index in [0.29, 0.717) is 32.6 Å². The van der Waals surface area contributed by atoms with E-state index in [2.05, 4.69) is 10.3 Å². The summed E-state index contributed by atoms with van der Waals surface area (Å²) < 4.78 is 7.56. The van der Waals surface area contributed by atoms with Crippen LogP contribution >= 0.6 is 23.4 Å². The number of hydrogen-bond donors (Lipinski definition) is 1. The van der Waals surface area contributed by atoms with Gasteiger partial charge in [-0.1, -0.05) is 35.5 Å². The fourth-order valence-electron chi connectivity index (χ4n) is 3.49. The number of rotatable bonds is 7. The van der Waals surface area contributed by atoms with Crippen molar-refractivity contribution in [1.29, 1.82) is 0 Å². The van der Waals surface area contributed by atoms with Crippen molar-refractivity contribution >= 4 is 40.2 Å². The number of fused-ring (bicyclic) bond motifs is 1. The van der Waals surface area contributed by atoms with Crippen LogP contribution in [-0.4, -0.2) is 21.2 Å². The number of halogens is 1. The Morgan fingerprint density at radius 3 is 2.69 bits per heavy atom. The molecule has 0 atom stereocenters. The first-order valence-corrected chi connectivity index (χ1v) is 11.7. The first kappa shape index (κ1) is 20.8. The van der Waals surface area contributed by atoms with E-state index in [0.717, 1.165) is 18.4 Å². The summed E-state index contributed by atoms with van der Waals surface area (Å²) in [6.45, 7) is 0.285. The van der Waals surface area contributed by atoms with Gasteiger partial charge in [0, 0.05) is 16.6 Å². The maximum atomic E-state index is 12.9. The lowest BCUT2D eigenvalue weighted by Crippen LogP contribution is -2.26. The van der Waals surface area contributed by atoms with Gasteiger partial charge in [0.25, 0.3) is 5.56 Å². The van der Waals surface area contributed by atoms with Crippen LogP contribution in [0.15, 0.2) is 75.0 Å². The van der Waals surface area contributed by atoms with Crippen LogP contribution in [0.5, 0.6) is 0 Å². The molecule has 1 aliphatic carbocycles. The van der Waals surface area contributed by atoms with E-state index in [4.69, 9.17) is 16.0 Å². The molecular weight excluding hydrogens is 446 g/mol. The lowest BCUT2D eigenvalue weighted by atomic mass is 10.2. The van der Waals surface area contributed by atoms with Crippen molar-refractivity contribution in [2.24, 2.45) is 0 Å². The van der Waals surface area contributed by atoms with E-state index >= 15 is 0 Å². The Morgan fingerprint density at radius 1 is 1.12 bits per heavy atom. The van der Waals surface area contributed by atoms with E-state index in [-0.39, 0.29) is 29.8 Å². The Hall–Kier alpha value is -3.03. The number of furan rings is 1. The molecule has 8 heteroatoms. The third kappa shape index (κ3) is 4.45. The molecule has 2 heterocycles. The second kappa shape index (κ2) is 8.84. The second-order valence-corrected chi connectivity index (χ2v) is 9.04.